The molecule has 1 heterocycles. The maximum absolute atomic E-state index is 5.78. The fourth-order valence-corrected chi connectivity index (χ4v) is 3.72. The molecule has 0 amide bonds. The maximum Gasteiger partial charge on any atom is 0.193 e. The molecule has 1 aromatic rings. The number of nitrogens with one attached hydrogen (secondary N) is 1. The van der Waals surface area contributed by atoms with E-state index in [0.29, 0.717) is 5.92 Å². The Kier molecular flexibility index (Phi) is 8.62. The van der Waals surface area contributed by atoms with E-state index >= 15 is 0 Å². The van der Waals surface area contributed by atoms with Crippen LogP contribution in [0.4, 0.5) is 0 Å². The molecule has 2 aliphatic rings. The lowest BCUT2D eigenvalue weighted by molar-refractivity contribution is 0.115. The number of rotatable bonds is 11. The highest BCUT2D eigenvalue weighted by atomic mass is 16.5. The van der Waals surface area contributed by atoms with Crippen LogP contribution in [-0.4, -0.2) is 75.3 Å². The van der Waals surface area contributed by atoms with Crippen molar-refractivity contribution in [2.75, 3.05) is 59.5 Å². The molecule has 0 radical (unpaired) electrons. The van der Waals surface area contributed by atoms with Gasteiger partial charge in [-0.2, -0.15) is 0 Å². The minimum Gasteiger partial charge on any atom is -0.379 e. The first-order chi connectivity index (χ1) is 13.7. The summed E-state index contributed by atoms with van der Waals surface area (Å²) in [6, 6.07) is 10.8. The predicted molar refractivity (Wildman–Crippen MR) is 117 cm³/mol. The second-order valence-corrected chi connectivity index (χ2v) is 8.33. The van der Waals surface area contributed by atoms with Gasteiger partial charge in [-0.15, -0.1) is 0 Å². The highest BCUT2D eigenvalue weighted by Gasteiger charge is 2.23. The highest BCUT2D eigenvalue weighted by Crippen LogP contribution is 2.28. The molecule has 5 heteroatoms. The van der Waals surface area contributed by atoms with Crippen molar-refractivity contribution in [3.8, 4) is 0 Å². The summed E-state index contributed by atoms with van der Waals surface area (Å²) in [5.74, 6) is 2.52. The molecule has 2 fully saturated rings. The van der Waals surface area contributed by atoms with Gasteiger partial charge in [0.15, 0.2) is 5.96 Å². The quantitative estimate of drug-likeness (QED) is 0.361. The molecule has 1 unspecified atom stereocenters. The van der Waals surface area contributed by atoms with Crippen LogP contribution in [0.25, 0.3) is 0 Å². The molecular weight excluding hydrogens is 348 g/mol. The van der Waals surface area contributed by atoms with Crippen molar-refractivity contribution in [2.24, 2.45) is 16.8 Å². The molecule has 1 aliphatic heterocycles. The Morgan fingerprint density at radius 2 is 2.04 bits per heavy atom. The summed E-state index contributed by atoms with van der Waals surface area (Å²) in [6.07, 6.45) is 5.10. The van der Waals surface area contributed by atoms with Gasteiger partial charge in [-0.25, -0.2) is 0 Å². The summed E-state index contributed by atoms with van der Waals surface area (Å²) in [5.41, 5.74) is 1.43. The van der Waals surface area contributed by atoms with E-state index in [0.717, 1.165) is 57.7 Å². The van der Waals surface area contributed by atoms with Crippen LogP contribution in [0.3, 0.4) is 0 Å². The third kappa shape index (κ3) is 7.44. The van der Waals surface area contributed by atoms with Gasteiger partial charge in [0.2, 0.25) is 0 Å². The van der Waals surface area contributed by atoms with E-state index in [9.17, 15) is 0 Å². The summed E-state index contributed by atoms with van der Waals surface area (Å²) in [4.78, 5) is 9.72. The van der Waals surface area contributed by atoms with E-state index in [1.165, 1.54) is 37.9 Å². The topological polar surface area (TPSA) is 40.1 Å². The zero-order valence-electron chi connectivity index (χ0n) is 17.8. The van der Waals surface area contributed by atoms with Gasteiger partial charge in [0.1, 0.15) is 0 Å². The van der Waals surface area contributed by atoms with Crippen LogP contribution in [-0.2, 0) is 11.2 Å². The van der Waals surface area contributed by atoms with Crippen LogP contribution in [0.15, 0.2) is 35.3 Å². The Labute approximate surface area is 171 Å². The fraction of sp³-hybridized carbons (Fsp3) is 0.696. The molecule has 1 N–H and O–H groups in total. The lowest BCUT2D eigenvalue weighted by Gasteiger charge is -2.22. The standard InChI is InChI=1S/C23H38N4O/c1-3-24-23(26(2)15-16-28-19-21-9-10-21)25-17-22-12-14-27(18-22)13-11-20-7-5-4-6-8-20/h4-8,21-22H,3,9-19H2,1-2H3,(H,24,25). The molecule has 1 saturated heterocycles. The summed E-state index contributed by atoms with van der Waals surface area (Å²) < 4.78 is 5.78. The molecule has 0 bridgehead atoms. The van der Waals surface area contributed by atoms with Crippen molar-refractivity contribution in [3.63, 3.8) is 0 Å². The van der Waals surface area contributed by atoms with Crippen LogP contribution >= 0.6 is 0 Å². The van der Waals surface area contributed by atoms with Crippen molar-refractivity contribution >= 4 is 5.96 Å². The minimum absolute atomic E-state index is 0.670. The first-order valence-electron chi connectivity index (χ1n) is 11.1. The number of nitrogens with zero attached hydrogens (tertiary/aromatic N) is 3. The molecule has 28 heavy (non-hydrogen) atoms. The smallest absolute Gasteiger partial charge is 0.193 e. The molecule has 5 nitrogen and oxygen atoms in total. The average molecular weight is 387 g/mol. The van der Waals surface area contributed by atoms with E-state index < -0.39 is 0 Å². The third-order valence-corrected chi connectivity index (χ3v) is 5.75. The van der Waals surface area contributed by atoms with Crippen molar-refractivity contribution in [3.05, 3.63) is 35.9 Å². The van der Waals surface area contributed by atoms with E-state index in [2.05, 4.69) is 59.4 Å². The van der Waals surface area contributed by atoms with Crippen LogP contribution in [0.1, 0.15) is 31.7 Å². The lowest BCUT2D eigenvalue weighted by atomic mass is 10.1. The number of likely N-dealkylation sites (N-methyl/N-ethyl adjacent to an activating group) is 1. The van der Waals surface area contributed by atoms with E-state index in [4.69, 9.17) is 9.73 Å². The second kappa shape index (κ2) is 11.4. The molecule has 3 rings (SSSR count). The number of benzene rings is 1. The van der Waals surface area contributed by atoms with Crippen LogP contribution < -0.4 is 5.32 Å². The van der Waals surface area contributed by atoms with Gasteiger partial charge >= 0.3 is 0 Å². The summed E-state index contributed by atoms with van der Waals surface area (Å²) in [7, 11) is 2.11. The van der Waals surface area contributed by atoms with Gasteiger partial charge in [0.25, 0.3) is 0 Å². The van der Waals surface area contributed by atoms with E-state index in [-0.39, 0.29) is 0 Å². The number of aliphatic imine (C=N–C) groups is 1. The summed E-state index contributed by atoms with van der Waals surface area (Å²) in [5, 5.41) is 3.43. The Morgan fingerprint density at radius 1 is 1.21 bits per heavy atom. The third-order valence-electron chi connectivity index (χ3n) is 5.75. The molecule has 1 aromatic carbocycles. The molecule has 0 aromatic heterocycles. The number of likely N-dealkylation sites (tertiary alicyclic amines) is 1. The SMILES string of the molecule is CCNC(=NCC1CCN(CCc2ccccc2)C1)N(C)CCOCC1CC1. The predicted octanol–water partition coefficient (Wildman–Crippen LogP) is 2.87. The summed E-state index contributed by atoms with van der Waals surface area (Å²) >= 11 is 0. The Bertz CT molecular complexity index is 588. The molecule has 0 spiro atoms. The van der Waals surface area contributed by atoms with Gasteiger partial charge < -0.3 is 19.9 Å². The second-order valence-electron chi connectivity index (χ2n) is 8.33. The van der Waals surface area contributed by atoms with Crippen molar-refractivity contribution in [2.45, 2.75) is 32.6 Å². The zero-order valence-corrected chi connectivity index (χ0v) is 17.8. The molecule has 1 atom stereocenters. The summed E-state index contributed by atoms with van der Waals surface area (Å²) in [6.45, 7) is 10.1. The van der Waals surface area contributed by atoms with E-state index in [1.54, 1.807) is 0 Å². The van der Waals surface area contributed by atoms with Gasteiger partial charge in [-0.1, -0.05) is 30.3 Å². The normalized spacial score (nSPS) is 20.5. The monoisotopic (exact) mass is 386 g/mol. The first-order valence-corrected chi connectivity index (χ1v) is 11.1. The highest BCUT2D eigenvalue weighted by molar-refractivity contribution is 5.79. The van der Waals surface area contributed by atoms with Gasteiger partial charge in [-0.05, 0) is 56.6 Å². The molecule has 1 aliphatic carbocycles. The molecule has 1 saturated carbocycles. The van der Waals surface area contributed by atoms with Gasteiger partial charge in [0.05, 0.1) is 6.61 Å². The fourth-order valence-electron chi connectivity index (χ4n) is 3.72. The average Bonchev–Trinajstić information content (AvgIpc) is 3.44. The first kappa shape index (κ1) is 21.1. The molecular formula is C23H38N4O. The van der Waals surface area contributed by atoms with Crippen LogP contribution in [0.5, 0.6) is 0 Å². The largest absolute Gasteiger partial charge is 0.379 e. The minimum atomic E-state index is 0.670. The molecule has 156 valence electrons. The Balaban J connectivity index is 1.37. The Hall–Kier alpha value is -1.59. The van der Waals surface area contributed by atoms with Crippen molar-refractivity contribution < 1.29 is 4.74 Å². The maximum atomic E-state index is 5.78. The number of ether oxygens (including phenoxy) is 1. The number of guanidine groups is 1. The van der Waals surface area contributed by atoms with Gasteiger partial charge in [-0.3, -0.25) is 4.99 Å². The van der Waals surface area contributed by atoms with Crippen LogP contribution in [0.2, 0.25) is 0 Å². The Morgan fingerprint density at radius 3 is 2.79 bits per heavy atom. The van der Waals surface area contributed by atoms with E-state index in [1.807, 2.05) is 0 Å². The van der Waals surface area contributed by atoms with Crippen LogP contribution in [0, 0.1) is 11.8 Å². The lowest BCUT2D eigenvalue weighted by Crippen LogP contribution is -2.41. The van der Waals surface area contributed by atoms with Gasteiger partial charge in [0, 0.05) is 46.4 Å². The number of hydrogen-bond acceptors (Lipinski definition) is 3. The zero-order chi connectivity index (χ0) is 19.6. The van der Waals surface area contributed by atoms with Crippen molar-refractivity contribution in [1.82, 2.24) is 15.1 Å². The van der Waals surface area contributed by atoms with Crippen molar-refractivity contribution in [1.29, 1.82) is 0 Å². The number of hydrogen-bond donors (Lipinski definition) is 1.